The molecule has 0 fully saturated rings. The second-order valence-electron chi connectivity index (χ2n) is 5.96. The standard InChI is InChI=1S/C20H23NO3/c1-3-14(2)18(20(23)24)21-19(22)17(15-10-6-4-7-11-15)16-12-8-5-9-13-16/h4-14,17-18H,3H2,1-2H3,(H,21,22)(H,23,24)/t14-,18+/m0/s1. The lowest BCUT2D eigenvalue weighted by molar-refractivity contribution is -0.143. The van der Waals surface area contributed by atoms with Crippen LogP contribution in [0.5, 0.6) is 0 Å². The highest BCUT2D eigenvalue weighted by molar-refractivity contribution is 5.90. The molecule has 0 saturated heterocycles. The Morgan fingerprint density at radius 2 is 1.42 bits per heavy atom. The molecule has 126 valence electrons. The number of hydrogen-bond acceptors (Lipinski definition) is 2. The number of rotatable bonds is 7. The second-order valence-corrected chi connectivity index (χ2v) is 5.96. The number of amides is 1. The summed E-state index contributed by atoms with van der Waals surface area (Å²) in [5, 5.41) is 12.2. The second kappa shape index (κ2) is 8.29. The first-order valence-electron chi connectivity index (χ1n) is 8.17. The van der Waals surface area contributed by atoms with Gasteiger partial charge in [0.25, 0.3) is 0 Å². The van der Waals surface area contributed by atoms with E-state index in [4.69, 9.17) is 0 Å². The highest BCUT2D eigenvalue weighted by Crippen LogP contribution is 2.25. The molecule has 2 atom stereocenters. The average molecular weight is 325 g/mol. The highest BCUT2D eigenvalue weighted by Gasteiger charge is 2.30. The summed E-state index contributed by atoms with van der Waals surface area (Å²) < 4.78 is 0. The molecule has 0 bridgehead atoms. The SMILES string of the molecule is CC[C@H](C)[C@@H](NC(=O)C(c1ccccc1)c1ccccc1)C(=O)O. The first-order chi connectivity index (χ1) is 11.5. The molecule has 0 aliphatic heterocycles. The summed E-state index contributed by atoms with van der Waals surface area (Å²) >= 11 is 0. The van der Waals surface area contributed by atoms with Gasteiger partial charge in [0.1, 0.15) is 6.04 Å². The van der Waals surface area contributed by atoms with Crippen molar-refractivity contribution >= 4 is 11.9 Å². The van der Waals surface area contributed by atoms with E-state index in [2.05, 4.69) is 5.32 Å². The van der Waals surface area contributed by atoms with Crippen molar-refractivity contribution in [3.05, 3.63) is 71.8 Å². The lowest BCUT2D eigenvalue weighted by atomic mass is 9.89. The fourth-order valence-corrected chi connectivity index (χ4v) is 2.71. The summed E-state index contributed by atoms with van der Waals surface area (Å²) in [4.78, 5) is 24.4. The molecular weight excluding hydrogens is 302 g/mol. The van der Waals surface area contributed by atoms with Gasteiger partial charge < -0.3 is 10.4 Å². The molecule has 2 aromatic rings. The van der Waals surface area contributed by atoms with E-state index in [0.717, 1.165) is 11.1 Å². The largest absolute Gasteiger partial charge is 0.480 e. The van der Waals surface area contributed by atoms with Gasteiger partial charge in [0, 0.05) is 0 Å². The molecule has 0 aromatic heterocycles. The maximum Gasteiger partial charge on any atom is 0.326 e. The summed E-state index contributed by atoms with van der Waals surface area (Å²) in [5.74, 6) is -1.96. The van der Waals surface area contributed by atoms with Crippen molar-refractivity contribution in [2.45, 2.75) is 32.2 Å². The van der Waals surface area contributed by atoms with Crippen molar-refractivity contribution in [3.8, 4) is 0 Å². The van der Waals surface area contributed by atoms with Gasteiger partial charge in [-0.15, -0.1) is 0 Å². The van der Waals surface area contributed by atoms with Gasteiger partial charge in [0.2, 0.25) is 5.91 Å². The topological polar surface area (TPSA) is 66.4 Å². The number of carbonyl (C=O) groups excluding carboxylic acids is 1. The summed E-state index contributed by atoms with van der Waals surface area (Å²) in [7, 11) is 0. The molecule has 24 heavy (non-hydrogen) atoms. The molecule has 2 N–H and O–H groups in total. The van der Waals surface area contributed by atoms with Crippen LogP contribution in [-0.4, -0.2) is 23.0 Å². The molecule has 2 aromatic carbocycles. The molecule has 0 heterocycles. The Balaban J connectivity index is 2.34. The Morgan fingerprint density at radius 1 is 0.958 bits per heavy atom. The predicted molar refractivity (Wildman–Crippen MR) is 93.7 cm³/mol. The van der Waals surface area contributed by atoms with Crippen molar-refractivity contribution in [2.24, 2.45) is 5.92 Å². The molecule has 2 rings (SSSR count). The van der Waals surface area contributed by atoms with Gasteiger partial charge in [-0.25, -0.2) is 4.79 Å². The van der Waals surface area contributed by atoms with Crippen molar-refractivity contribution in [3.63, 3.8) is 0 Å². The maximum absolute atomic E-state index is 12.9. The predicted octanol–water partition coefficient (Wildman–Crippen LogP) is 3.43. The molecule has 4 heteroatoms. The Bertz CT molecular complexity index is 630. The van der Waals surface area contributed by atoms with Crippen LogP contribution in [0.25, 0.3) is 0 Å². The number of carboxylic acid groups (broad SMARTS) is 1. The van der Waals surface area contributed by atoms with Crippen LogP contribution in [0.3, 0.4) is 0 Å². The van der Waals surface area contributed by atoms with Gasteiger partial charge in [0.05, 0.1) is 5.92 Å². The molecule has 0 unspecified atom stereocenters. The molecule has 0 spiro atoms. The van der Waals surface area contributed by atoms with E-state index in [-0.39, 0.29) is 11.8 Å². The Morgan fingerprint density at radius 3 is 1.79 bits per heavy atom. The Kier molecular flexibility index (Phi) is 6.13. The normalized spacial score (nSPS) is 13.3. The lowest BCUT2D eigenvalue weighted by Crippen LogP contribution is -2.46. The van der Waals surface area contributed by atoms with Crippen LogP contribution < -0.4 is 5.32 Å². The van der Waals surface area contributed by atoms with Crippen molar-refractivity contribution < 1.29 is 14.7 Å². The van der Waals surface area contributed by atoms with Crippen LogP contribution in [0.4, 0.5) is 0 Å². The summed E-state index contributed by atoms with van der Waals surface area (Å²) in [6, 6.07) is 17.9. The Hall–Kier alpha value is -2.62. The minimum atomic E-state index is -1.00. The first kappa shape index (κ1) is 17.7. The van der Waals surface area contributed by atoms with E-state index in [0.29, 0.717) is 6.42 Å². The number of carbonyl (C=O) groups is 2. The van der Waals surface area contributed by atoms with Crippen molar-refractivity contribution in [1.29, 1.82) is 0 Å². The van der Waals surface area contributed by atoms with Crippen molar-refractivity contribution in [1.82, 2.24) is 5.32 Å². The van der Waals surface area contributed by atoms with E-state index in [1.165, 1.54) is 0 Å². The van der Waals surface area contributed by atoms with Crippen LogP contribution in [0.2, 0.25) is 0 Å². The zero-order valence-electron chi connectivity index (χ0n) is 14.0. The van der Waals surface area contributed by atoms with E-state index in [9.17, 15) is 14.7 Å². The van der Waals surface area contributed by atoms with Gasteiger partial charge >= 0.3 is 5.97 Å². The third-order valence-electron chi connectivity index (χ3n) is 4.30. The van der Waals surface area contributed by atoms with Gasteiger partial charge in [-0.05, 0) is 17.0 Å². The van der Waals surface area contributed by atoms with E-state index >= 15 is 0 Å². The molecule has 1 amide bonds. The number of nitrogens with one attached hydrogen (secondary N) is 1. The fourth-order valence-electron chi connectivity index (χ4n) is 2.71. The molecular formula is C20H23NO3. The summed E-state index contributed by atoms with van der Waals surface area (Å²) in [5.41, 5.74) is 1.68. The van der Waals surface area contributed by atoms with Crippen LogP contribution in [0.15, 0.2) is 60.7 Å². The molecule has 0 saturated carbocycles. The highest BCUT2D eigenvalue weighted by atomic mass is 16.4. The quantitative estimate of drug-likeness (QED) is 0.819. The van der Waals surface area contributed by atoms with Crippen LogP contribution >= 0.6 is 0 Å². The zero-order chi connectivity index (χ0) is 17.5. The number of hydrogen-bond donors (Lipinski definition) is 2. The zero-order valence-corrected chi connectivity index (χ0v) is 14.0. The van der Waals surface area contributed by atoms with E-state index < -0.39 is 17.9 Å². The monoisotopic (exact) mass is 325 g/mol. The van der Waals surface area contributed by atoms with E-state index in [1.54, 1.807) is 0 Å². The molecule has 0 radical (unpaired) electrons. The van der Waals surface area contributed by atoms with Gasteiger partial charge in [-0.3, -0.25) is 4.79 Å². The Labute approximate surface area is 142 Å². The van der Waals surface area contributed by atoms with Gasteiger partial charge in [0.15, 0.2) is 0 Å². The van der Waals surface area contributed by atoms with Crippen LogP contribution in [0, 0.1) is 5.92 Å². The van der Waals surface area contributed by atoms with Gasteiger partial charge in [-0.2, -0.15) is 0 Å². The minimum absolute atomic E-state index is 0.140. The third kappa shape index (κ3) is 4.22. The number of carboxylic acids is 1. The fraction of sp³-hybridized carbons (Fsp3) is 0.300. The number of benzene rings is 2. The van der Waals surface area contributed by atoms with Crippen LogP contribution in [-0.2, 0) is 9.59 Å². The lowest BCUT2D eigenvalue weighted by Gasteiger charge is -2.24. The average Bonchev–Trinajstić information content (AvgIpc) is 2.61. The smallest absolute Gasteiger partial charge is 0.326 e. The summed E-state index contributed by atoms with van der Waals surface area (Å²) in [6.07, 6.45) is 0.679. The first-order valence-corrected chi connectivity index (χ1v) is 8.17. The molecule has 4 nitrogen and oxygen atoms in total. The molecule has 0 aliphatic rings. The molecule has 0 aliphatic carbocycles. The summed E-state index contributed by atoms with van der Waals surface area (Å²) in [6.45, 7) is 3.75. The minimum Gasteiger partial charge on any atom is -0.480 e. The third-order valence-corrected chi connectivity index (χ3v) is 4.30. The van der Waals surface area contributed by atoms with Gasteiger partial charge in [-0.1, -0.05) is 80.9 Å². The van der Waals surface area contributed by atoms with Crippen LogP contribution in [0.1, 0.15) is 37.3 Å². The number of aliphatic carboxylic acids is 1. The maximum atomic E-state index is 12.9. The van der Waals surface area contributed by atoms with E-state index in [1.807, 2.05) is 74.5 Å². The van der Waals surface area contributed by atoms with Crippen molar-refractivity contribution in [2.75, 3.05) is 0 Å².